The zero-order valence-corrected chi connectivity index (χ0v) is 9.64. The van der Waals surface area contributed by atoms with Crippen molar-refractivity contribution in [2.24, 2.45) is 0 Å². The van der Waals surface area contributed by atoms with Crippen LogP contribution in [0.2, 0.25) is 0 Å². The molecule has 1 unspecified atom stereocenters. The summed E-state index contributed by atoms with van der Waals surface area (Å²) >= 11 is 0. The third-order valence-electron chi connectivity index (χ3n) is 2.58. The van der Waals surface area contributed by atoms with E-state index in [2.05, 4.69) is 19.2 Å². The Morgan fingerprint density at radius 3 is 2.93 bits per heavy atom. The molecule has 0 saturated carbocycles. The Morgan fingerprint density at radius 2 is 2.29 bits per heavy atom. The molecule has 0 amide bonds. The van der Waals surface area contributed by atoms with Crippen LogP contribution in [0.5, 0.6) is 0 Å². The summed E-state index contributed by atoms with van der Waals surface area (Å²) in [6.07, 6.45) is 2.22. The van der Waals surface area contributed by atoms with Crippen LogP contribution in [0.15, 0.2) is 0 Å². The minimum Gasteiger partial charge on any atom is -0.380 e. The summed E-state index contributed by atoms with van der Waals surface area (Å²) in [5, 5.41) is 3.51. The van der Waals surface area contributed by atoms with Crippen molar-refractivity contribution in [2.75, 3.05) is 26.4 Å². The Bertz CT molecular complexity index is 159. The van der Waals surface area contributed by atoms with Crippen LogP contribution in [0.25, 0.3) is 0 Å². The molecule has 1 aliphatic heterocycles. The molecule has 1 saturated heterocycles. The molecule has 0 aromatic carbocycles. The lowest BCUT2D eigenvalue weighted by Gasteiger charge is -2.35. The summed E-state index contributed by atoms with van der Waals surface area (Å²) in [5.41, 5.74) is 0.0432. The molecule has 3 nitrogen and oxygen atoms in total. The van der Waals surface area contributed by atoms with E-state index in [4.69, 9.17) is 9.47 Å². The molecular formula is C11H23NO2. The molecule has 1 atom stereocenters. The van der Waals surface area contributed by atoms with Gasteiger partial charge in [-0.1, -0.05) is 0 Å². The van der Waals surface area contributed by atoms with E-state index in [9.17, 15) is 0 Å². The van der Waals surface area contributed by atoms with Gasteiger partial charge < -0.3 is 14.8 Å². The molecular weight excluding hydrogens is 178 g/mol. The van der Waals surface area contributed by atoms with Gasteiger partial charge in [0.05, 0.1) is 12.2 Å². The van der Waals surface area contributed by atoms with E-state index in [1.165, 1.54) is 0 Å². The van der Waals surface area contributed by atoms with Gasteiger partial charge in [-0.15, -0.1) is 0 Å². The lowest BCUT2D eigenvalue weighted by Crippen LogP contribution is -2.44. The normalized spacial score (nSPS) is 26.4. The first-order valence-electron chi connectivity index (χ1n) is 5.59. The van der Waals surface area contributed by atoms with Crippen molar-refractivity contribution in [3.63, 3.8) is 0 Å². The standard InChI is InChI=1S/C11H23NO2/c1-4-13-8-6-12-10-5-7-14-11(2,3)9-10/h10,12H,4-9H2,1-3H3. The minimum absolute atomic E-state index is 0.0432. The highest BCUT2D eigenvalue weighted by atomic mass is 16.5. The smallest absolute Gasteiger partial charge is 0.0641 e. The number of nitrogens with one attached hydrogen (secondary N) is 1. The van der Waals surface area contributed by atoms with Gasteiger partial charge >= 0.3 is 0 Å². The average molecular weight is 201 g/mol. The average Bonchev–Trinajstić information content (AvgIpc) is 2.11. The number of rotatable bonds is 5. The van der Waals surface area contributed by atoms with Crippen LogP contribution in [0.4, 0.5) is 0 Å². The van der Waals surface area contributed by atoms with Gasteiger partial charge in [0.25, 0.3) is 0 Å². The molecule has 1 rings (SSSR count). The third kappa shape index (κ3) is 4.40. The molecule has 0 bridgehead atoms. The van der Waals surface area contributed by atoms with E-state index >= 15 is 0 Å². The fourth-order valence-electron chi connectivity index (χ4n) is 1.89. The van der Waals surface area contributed by atoms with Crippen molar-refractivity contribution in [2.45, 2.75) is 45.3 Å². The lowest BCUT2D eigenvalue weighted by atomic mass is 9.94. The summed E-state index contributed by atoms with van der Waals surface area (Å²) in [4.78, 5) is 0. The van der Waals surface area contributed by atoms with Crippen molar-refractivity contribution in [1.29, 1.82) is 0 Å². The minimum atomic E-state index is 0.0432. The molecule has 0 aliphatic carbocycles. The summed E-state index contributed by atoms with van der Waals surface area (Å²) in [7, 11) is 0. The first-order valence-corrected chi connectivity index (χ1v) is 5.59. The van der Waals surface area contributed by atoms with Crippen molar-refractivity contribution in [3.05, 3.63) is 0 Å². The summed E-state index contributed by atoms with van der Waals surface area (Å²) in [5.74, 6) is 0. The number of hydrogen-bond donors (Lipinski definition) is 1. The molecule has 84 valence electrons. The highest BCUT2D eigenvalue weighted by Crippen LogP contribution is 2.23. The van der Waals surface area contributed by atoms with E-state index in [1.807, 2.05) is 6.92 Å². The molecule has 1 aliphatic rings. The molecule has 0 spiro atoms. The zero-order chi connectivity index (χ0) is 10.4. The molecule has 0 radical (unpaired) electrons. The Kier molecular flexibility index (Phi) is 4.85. The second kappa shape index (κ2) is 5.69. The summed E-state index contributed by atoms with van der Waals surface area (Å²) < 4.78 is 10.9. The van der Waals surface area contributed by atoms with Crippen molar-refractivity contribution < 1.29 is 9.47 Å². The largest absolute Gasteiger partial charge is 0.380 e. The van der Waals surface area contributed by atoms with E-state index in [0.29, 0.717) is 6.04 Å². The van der Waals surface area contributed by atoms with Crippen LogP contribution in [-0.4, -0.2) is 38.0 Å². The van der Waals surface area contributed by atoms with Gasteiger partial charge in [0.2, 0.25) is 0 Å². The van der Waals surface area contributed by atoms with Gasteiger partial charge in [-0.25, -0.2) is 0 Å². The SMILES string of the molecule is CCOCCNC1CCOC(C)(C)C1. The van der Waals surface area contributed by atoms with Gasteiger partial charge in [-0.3, -0.25) is 0 Å². The fraction of sp³-hybridized carbons (Fsp3) is 1.00. The Hall–Kier alpha value is -0.120. The van der Waals surface area contributed by atoms with Crippen LogP contribution < -0.4 is 5.32 Å². The van der Waals surface area contributed by atoms with Crippen molar-refractivity contribution >= 4 is 0 Å². The molecule has 0 aromatic rings. The van der Waals surface area contributed by atoms with Crippen LogP contribution >= 0.6 is 0 Å². The maximum Gasteiger partial charge on any atom is 0.0641 e. The quantitative estimate of drug-likeness (QED) is 0.685. The zero-order valence-electron chi connectivity index (χ0n) is 9.64. The molecule has 1 fully saturated rings. The molecule has 1 N–H and O–H groups in total. The predicted octanol–water partition coefficient (Wildman–Crippen LogP) is 1.57. The molecule has 1 heterocycles. The third-order valence-corrected chi connectivity index (χ3v) is 2.58. The topological polar surface area (TPSA) is 30.5 Å². The van der Waals surface area contributed by atoms with E-state index in [-0.39, 0.29) is 5.60 Å². The molecule has 14 heavy (non-hydrogen) atoms. The molecule has 0 aromatic heterocycles. The van der Waals surface area contributed by atoms with Crippen LogP contribution in [-0.2, 0) is 9.47 Å². The predicted molar refractivity (Wildman–Crippen MR) is 57.5 cm³/mol. The van der Waals surface area contributed by atoms with E-state index in [1.54, 1.807) is 0 Å². The Labute approximate surface area is 87.2 Å². The maximum atomic E-state index is 5.65. The number of hydrogen-bond acceptors (Lipinski definition) is 3. The van der Waals surface area contributed by atoms with Crippen LogP contribution in [0.3, 0.4) is 0 Å². The highest BCUT2D eigenvalue weighted by Gasteiger charge is 2.28. The Balaban J connectivity index is 2.12. The van der Waals surface area contributed by atoms with Gasteiger partial charge in [0.1, 0.15) is 0 Å². The monoisotopic (exact) mass is 201 g/mol. The van der Waals surface area contributed by atoms with Gasteiger partial charge in [-0.05, 0) is 33.6 Å². The summed E-state index contributed by atoms with van der Waals surface area (Å²) in [6.45, 7) is 9.79. The number of ether oxygens (including phenoxy) is 2. The first-order chi connectivity index (χ1) is 6.64. The van der Waals surface area contributed by atoms with Crippen LogP contribution in [0.1, 0.15) is 33.6 Å². The Morgan fingerprint density at radius 1 is 1.50 bits per heavy atom. The van der Waals surface area contributed by atoms with Gasteiger partial charge in [0, 0.05) is 25.8 Å². The van der Waals surface area contributed by atoms with Crippen LogP contribution in [0, 0.1) is 0 Å². The van der Waals surface area contributed by atoms with E-state index < -0.39 is 0 Å². The first kappa shape index (κ1) is 12.0. The lowest BCUT2D eigenvalue weighted by molar-refractivity contribution is -0.0633. The maximum absolute atomic E-state index is 5.65. The van der Waals surface area contributed by atoms with Crippen molar-refractivity contribution in [1.82, 2.24) is 5.32 Å². The second-order valence-corrected chi connectivity index (χ2v) is 4.45. The van der Waals surface area contributed by atoms with E-state index in [0.717, 1.165) is 39.2 Å². The molecule has 3 heteroatoms. The highest BCUT2D eigenvalue weighted by molar-refractivity contribution is 4.82. The van der Waals surface area contributed by atoms with Gasteiger partial charge in [-0.2, -0.15) is 0 Å². The van der Waals surface area contributed by atoms with Crippen molar-refractivity contribution in [3.8, 4) is 0 Å². The fourth-order valence-corrected chi connectivity index (χ4v) is 1.89. The second-order valence-electron chi connectivity index (χ2n) is 4.45. The summed E-state index contributed by atoms with van der Waals surface area (Å²) in [6, 6.07) is 0.596. The van der Waals surface area contributed by atoms with Gasteiger partial charge in [0.15, 0.2) is 0 Å².